The molecule has 2 N–H and O–H groups in total. The zero-order valence-corrected chi connectivity index (χ0v) is 24.6. The Morgan fingerprint density at radius 3 is 2.42 bits per heavy atom. The normalized spacial score (nSPS) is 18.8. The summed E-state index contributed by atoms with van der Waals surface area (Å²) < 4.78 is 0. The van der Waals surface area contributed by atoms with Crippen LogP contribution in [0.25, 0.3) is 16.5 Å². The average molecular weight is 516 g/mol. The third-order valence-electron chi connectivity index (χ3n) is 8.87. The van der Waals surface area contributed by atoms with E-state index in [1.165, 1.54) is 58.1 Å². The van der Waals surface area contributed by atoms with Crippen LogP contribution in [-0.4, -0.2) is 41.5 Å². The first kappa shape index (κ1) is 28.4. The molecule has 2 fully saturated rings. The van der Waals surface area contributed by atoms with Crippen LogP contribution in [-0.2, 0) is 4.79 Å². The minimum absolute atomic E-state index is 0.265. The van der Waals surface area contributed by atoms with Gasteiger partial charge in [0.15, 0.2) is 0 Å². The quantitative estimate of drug-likeness (QED) is 0.314. The molecule has 1 atom stereocenters. The second kappa shape index (κ2) is 12.5. The Labute approximate surface area is 230 Å². The number of aromatic nitrogens is 1. The van der Waals surface area contributed by atoms with E-state index in [9.17, 15) is 4.79 Å². The molecule has 38 heavy (non-hydrogen) atoms. The molecule has 1 saturated carbocycles. The largest absolute Gasteiger partial charge is 0.354 e. The Morgan fingerprint density at radius 2 is 1.84 bits per heavy atom. The van der Waals surface area contributed by atoms with Gasteiger partial charge in [0, 0.05) is 35.7 Å². The highest BCUT2D eigenvalue weighted by Crippen LogP contribution is 2.38. The number of carbonyl (C=O) groups excluding carboxylic acids is 1. The SMILES string of the molecule is C=C(C)/C=C(\C=C(\C)[C@H](C)CC)c1[nH]c2ccc(C3CCN(C(=O)CNC4CCC4)CC3)cc2c1C(C)C. The predicted octanol–water partition coefficient (Wildman–Crippen LogP) is 8.09. The smallest absolute Gasteiger partial charge is 0.236 e. The summed E-state index contributed by atoms with van der Waals surface area (Å²) in [5.74, 6) is 1.70. The summed E-state index contributed by atoms with van der Waals surface area (Å²) in [5.41, 5.74) is 8.89. The summed E-state index contributed by atoms with van der Waals surface area (Å²) in [6.07, 6.45) is 11.5. The Hall–Kier alpha value is -2.59. The summed E-state index contributed by atoms with van der Waals surface area (Å²) in [5, 5.41) is 4.76. The topological polar surface area (TPSA) is 48.1 Å². The van der Waals surface area contributed by atoms with Crippen LogP contribution in [0.15, 0.2) is 48.1 Å². The van der Waals surface area contributed by atoms with Crippen LogP contribution in [0.1, 0.15) is 109 Å². The molecule has 4 rings (SSSR count). The van der Waals surface area contributed by atoms with E-state index in [2.05, 4.69) is 93.7 Å². The molecule has 4 heteroatoms. The molecule has 2 heterocycles. The predicted molar refractivity (Wildman–Crippen MR) is 163 cm³/mol. The van der Waals surface area contributed by atoms with Crippen molar-refractivity contribution >= 4 is 22.4 Å². The lowest BCUT2D eigenvalue weighted by atomic mass is 9.87. The van der Waals surface area contributed by atoms with Crippen molar-refractivity contribution in [3.63, 3.8) is 0 Å². The standard InChI is InChI=1S/C34H49N3O/c1-8-24(6)25(7)19-28(18-22(2)3)34-33(23(4)5)30-20-27(12-13-31(30)36-34)26-14-16-37(17-15-26)32(38)21-35-29-10-9-11-29/h12-13,18-20,23-24,26,29,35-36H,2,8-11,14-17,21H2,1,3-7H3/b25-19-,28-18+/t24-/m1/s1. The molecule has 1 aromatic heterocycles. The van der Waals surface area contributed by atoms with Gasteiger partial charge in [-0.25, -0.2) is 0 Å². The molecule has 0 radical (unpaired) electrons. The van der Waals surface area contributed by atoms with Crippen molar-refractivity contribution < 1.29 is 4.79 Å². The van der Waals surface area contributed by atoms with Crippen molar-refractivity contribution in [1.29, 1.82) is 0 Å². The van der Waals surface area contributed by atoms with E-state index in [4.69, 9.17) is 0 Å². The molecule has 1 aliphatic carbocycles. The van der Waals surface area contributed by atoms with E-state index in [-0.39, 0.29) is 5.91 Å². The van der Waals surface area contributed by atoms with E-state index >= 15 is 0 Å². The Kier molecular flexibility index (Phi) is 9.36. The summed E-state index contributed by atoms with van der Waals surface area (Å²) >= 11 is 0. The van der Waals surface area contributed by atoms with Gasteiger partial charge in [0.25, 0.3) is 0 Å². The van der Waals surface area contributed by atoms with Crippen LogP contribution >= 0.6 is 0 Å². The van der Waals surface area contributed by atoms with Gasteiger partial charge < -0.3 is 15.2 Å². The second-order valence-corrected chi connectivity index (χ2v) is 12.2. The van der Waals surface area contributed by atoms with E-state index in [1.807, 2.05) is 0 Å². The number of nitrogens with one attached hydrogen (secondary N) is 2. The van der Waals surface area contributed by atoms with Gasteiger partial charge in [0.2, 0.25) is 5.91 Å². The lowest BCUT2D eigenvalue weighted by molar-refractivity contribution is -0.131. The molecular weight excluding hydrogens is 466 g/mol. The maximum atomic E-state index is 12.7. The first-order valence-corrected chi connectivity index (χ1v) is 14.9. The summed E-state index contributed by atoms with van der Waals surface area (Å²) in [6.45, 7) is 19.9. The van der Waals surface area contributed by atoms with Crippen molar-refractivity contribution in [1.82, 2.24) is 15.2 Å². The third kappa shape index (κ3) is 6.51. The molecular formula is C34H49N3O. The zero-order valence-electron chi connectivity index (χ0n) is 24.6. The van der Waals surface area contributed by atoms with Crippen molar-refractivity contribution in [2.45, 2.75) is 97.9 Å². The lowest BCUT2D eigenvalue weighted by Gasteiger charge is -2.33. The molecule has 206 valence electrons. The number of amides is 1. The maximum Gasteiger partial charge on any atom is 0.236 e. The lowest BCUT2D eigenvalue weighted by Crippen LogP contribution is -2.46. The van der Waals surface area contributed by atoms with Crippen LogP contribution in [0.3, 0.4) is 0 Å². The van der Waals surface area contributed by atoms with Crippen molar-refractivity contribution in [2.24, 2.45) is 5.92 Å². The number of benzene rings is 1. The van der Waals surface area contributed by atoms with Gasteiger partial charge >= 0.3 is 0 Å². The summed E-state index contributed by atoms with van der Waals surface area (Å²) in [4.78, 5) is 18.6. The van der Waals surface area contributed by atoms with Crippen molar-refractivity contribution in [3.05, 3.63) is 64.9 Å². The minimum atomic E-state index is 0.265. The van der Waals surface area contributed by atoms with Crippen molar-refractivity contribution in [2.75, 3.05) is 19.6 Å². The van der Waals surface area contributed by atoms with Crippen LogP contribution in [0.5, 0.6) is 0 Å². The van der Waals surface area contributed by atoms with Gasteiger partial charge in [-0.15, -0.1) is 0 Å². The number of aromatic amines is 1. The number of hydrogen-bond acceptors (Lipinski definition) is 2. The fourth-order valence-electron chi connectivity index (χ4n) is 5.89. The van der Waals surface area contributed by atoms with E-state index in [0.29, 0.717) is 30.3 Å². The zero-order chi connectivity index (χ0) is 27.4. The third-order valence-corrected chi connectivity index (χ3v) is 8.87. The Bertz CT molecular complexity index is 1200. The monoisotopic (exact) mass is 515 g/mol. The van der Waals surface area contributed by atoms with Gasteiger partial charge in [0.05, 0.1) is 6.54 Å². The molecule has 1 saturated heterocycles. The highest BCUT2D eigenvalue weighted by molar-refractivity contribution is 5.92. The summed E-state index contributed by atoms with van der Waals surface area (Å²) in [7, 11) is 0. The van der Waals surface area contributed by atoms with E-state index < -0.39 is 0 Å². The number of rotatable bonds is 10. The molecule has 0 unspecified atom stereocenters. The van der Waals surface area contributed by atoms with E-state index in [0.717, 1.165) is 37.9 Å². The molecule has 4 nitrogen and oxygen atoms in total. The first-order valence-electron chi connectivity index (χ1n) is 14.9. The number of allylic oxidation sites excluding steroid dienone is 5. The highest BCUT2D eigenvalue weighted by Gasteiger charge is 2.26. The molecule has 0 bridgehead atoms. The number of fused-ring (bicyclic) bond motifs is 1. The molecule has 1 amide bonds. The number of carbonyl (C=O) groups is 1. The second-order valence-electron chi connectivity index (χ2n) is 12.2. The maximum absolute atomic E-state index is 12.7. The van der Waals surface area contributed by atoms with Crippen LogP contribution in [0, 0.1) is 5.92 Å². The number of H-pyrrole nitrogens is 1. The fraction of sp³-hybridized carbons (Fsp3) is 0.559. The Morgan fingerprint density at radius 1 is 1.13 bits per heavy atom. The van der Waals surface area contributed by atoms with Crippen LogP contribution in [0.4, 0.5) is 0 Å². The van der Waals surface area contributed by atoms with E-state index in [1.54, 1.807) is 0 Å². The van der Waals surface area contributed by atoms with Crippen LogP contribution < -0.4 is 5.32 Å². The highest BCUT2D eigenvalue weighted by atomic mass is 16.2. The number of piperidine rings is 1. The molecule has 0 spiro atoms. The molecule has 2 aliphatic rings. The van der Waals surface area contributed by atoms with Gasteiger partial charge in [0.1, 0.15) is 0 Å². The number of hydrogen-bond donors (Lipinski definition) is 2. The van der Waals surface area contributed by atoms with Gasteiger partial charge in [-0.1, -0.05) is 70.1 Å². The number of likely N-dealkylation sites (tertiary alicyclic amines) is 1. The Balaban J connectivity index is 1.57. The molecule has 2 aromatic rings. The van der Waals surface area contributed by atoms with Crippen LogP contribution in [0.2, 0.25) is 0 Å². The fourth-order valence-corrected chi connectivity index (χ4v) is 5.89. The molecule has 1 aromatic carbocycles. The van der Waals surface area contributed by atoms with Gasteiger partial charge in [-0.2, -0.15) is 0 Å². The minimum Gasteiger partial charge on any atom is -0.354 e. The van der Waals surface area contributed by atoms with Gasteiger partial charge in [-0.3, -0.25) is 4.79 Å². The number of nitrogens with zero attached hydrogens (tertiary/aromatic N) is 1. The van der Waals surface area contributed by atoms with Gasteiger partial charge in [-0.05, 0) is 92.5 Å². The average Bonchev–Trinajstić information content (AvgIpc) is 3.25. The van der Waals surface area contributed by atoms with Crippen molar-refractivity contribution in [3.8, 4) is 0 Å². The first-order chi connectivity index (χ1) is 18.2. The molecule has 1 aliphatic heterocycles. The summed E-state index contributed by atoms with van der Waals surface area (Å²) in [6, 6.07) is 7.55.